The van der Waals surface area contributed by atoms with Crippen molar-refractivity contribution in [2.45, 2.75) is 12.8 Å². The van der Waals surface area contributed by atoms with Crippen LogP contribution in [-0.4, -0.2) is 22.9 Å². The van der Waals surface area contributed by atoms with Crippen LogP contribution in [0.2, 0.25) is 0 Å². The first-order chi connectivity index (χ1) is 7.65. The van der Waals surface area contributed by atoms with E-state index in [1.807, 2.05) is 0 Å². The highest BCUT2D eigenvalue weighted by Gasteiger charge is 2.33. The van der Waals surface area contributed by atoms with Crippen molar-refractivity contribution in [1.29, 1.82) is 0 Å². The average molecular weight is 302 g/mol. The lowest BCUT2D eigenvalue weighted by atomic mass is 10.3. The van der Waals surface area contributed by atoms with Gasteiger partial charge >= 0.3 is 0 Å². The van der Waals surface area contributed by atoms with Gasteiger partial charge in [-0.3, -0.25) is 14.4 Å². The van der Waals surface area contributed by atoms with E-state index in [1.165, 1.54) is 11.3 Å². The van der Waals surface area contributed by atoms with Crippen LogP contribution in [-0.2, 0) is 9.59 Å². The molecule has 1 aliphatic heterocycles. The second-order valence-electron chi connectivity index (χ2n) is 3.31. The second kappa shape index (κ2) is 4.47. The summed E-state index contributed by atoms with van der Waals surface area (Å²) in [5, 5.41) is 1.90. The maximum Gasteiger partial charge on any atom is 0.234 e. The summed E-state index contributed by atoms with van der Waals surface area (Å²) in [6, 6.07) is 1.64. The number of carbonyl (C=O) groups excluding carboxylic acids is 3. The van der Waals surface area contributed by atoms with Gasteiger partial charge in [-0.1, -0.05) is 15.9 Å². The summed E-state index contributed by atoms with van der Waals surface area (Å²) in [5.41, 5.74) is 0.432. The van der Waals surface area contributed by atoms with E-state index in [2.05, 4.69) is 15.9 Å². The predicted molar refractivity (Wildman–Crippen MR) is 64.2 cm³/mol. The molecule has 6 heteroatoms. The number of amides is 2. The molecule has 0 unspecified atom stereocenters. The third kappa shape index (κ3) is 1.82. The third-order valence-corrected chi connectivity index (χ3v) is 3.77. The lowest BCUT2D eigenvalue weighted by Crippen LogP contribution is -2.29. The Morgan fingerprint density at radius 1 is 1.38 bits per heavy atom. The fraction of sp³-hybridized carbons (Fsp3) is 0.300. The zero-order valence-corrected chi connectivity index (χ0v) is 10.6. The quantitative estimate of drug-likeness (QED) is 0.487. The van der Waals surface area contributed by atoms with E-state index in [9.17, 15) is 14.4 Å². The SMILES string of the molecule is O=C(CBr)c1sccc1N1C(=O)CCC1=O. The smallest absolute Gasteiger partial charge is 0.234 e. The number of rotatable bonds is 3. The third-order valence-electron chi connectivity index (χ3n) is 2.31. The molecule has 0 aliphatic carbocycles. The summed E-state index contributed by atoms with van der Waals surface area (Å²) in [6.07, 6.45) is 0.466. The Morgan fingerprint density at radius 2 is 2.00 bits per heavy atom. The monoisotopic (exact) mass is 301 g/mol. The molecule has 2 rings (SSSR count). The van der Waals surface area contributed by atoms with Crippen molar-refractivity contribution in [2.24, 2.45) is 0 Å². The number of carbonyl (C=O) groups is 3. The Hall–Kier alpha value is -1.01. The van der Waals surface area contributed by atoms with Crippen molar-refractivity contribution in [3.63, 3.8) is 0 Å². The molecular formula is C10H8BrNO3S. The zero-order valence-electron chi connectivity index (χ0n) is 8.23. The normalized spacial score (nSPS) is 15.9. The molecule has 0 bridgehead atoms. The van der Waals surface area contributed by atoms with Gasteiger partial charge in [0.1, 0.15) is 0 Å². The molecule has 1 fully saturated rings. The van der Waals surface area contributed by atoms with Gasteiger partial charge in [-0.05, 0) is 11.4 Å². The van der Waals surface area contributed by atoms with Crippen LogP contribution in [0.25, 0.3) is 0 Å². The van der Waals surface area contributed by atoms with Gasteiger partial charge in [0.05, 0.1) is 15.9 Å². The minimum atomic E-state index is -0.230. The minimum absolute atomic E-state index is 0.113. The van der Waals surface area contributed by atoms with E-state index < -0.39 is 0 Å². The summed E-state index contributed by atoms with van der Waals surface area (Å²) in [7, 11) is 0. The van der Waals surface area contributed by atoms with Gasteiger partial charge in [0.25, 0.3) is 0 Å². The molecule has 2 amide bonds. The summed E-state index contributed by atoms with van der Waals surface area (Å²) in [6.45, 7) is 0. The van der Waals surface area contributed by atoms with Gasteiger partial charge in [0.15, 0.2) is 5.78 Å². The van der Waals surface area contributed by atoms with Crippen LogP contribution in [0.1, 0.15) is 22.5 Å². The van der Waals surface area contributed by atoms with E-state index in [4.69, 9.17) is 0 Å². The van der Waals surface area contributed by atoms with Crippen LogP contribution in [0.3, 0.4) is 0 Å². The number of halogens is 1. The van der Waals surface area contributed by atoms with Gasteiger partial charge in [-0.15, -0.1) is 11.3 Å². The van der Waals surface area contributed by atoms with Crippen LogP contribution in [0, 0.1) is 0 Å². The largest absolute Gasteiger partial charge is 0.292 e. The standard InChI is InChI=1S/C10H8BrNO3S/c11-5-7(13)10-6(3-4-16-10)12-8(14)1-2-9(12)15/h3-4H,1-2,5H2. The number of alkyl halides is 1. The first-order valence-corrected chi connectivity index (χ1v) is 6.67. The van der Waals surface area contributed by atoms with Crippen LogP contribution in [0.15, 0.2) is 11.4 Å². The lowest BCUT2D eigenvalue weighted by molar-refractivity contribution is -0.121. The summed E-state index contributed by atoms with van der Waals surface area (Å²) in [5.74, 6) is -0.573. The molecule has 84 valence electrons. The average Bonchev–Trinajstić information content (AvgIpc) is 2.84. The number of thiophene rings is 1. The first-order valence-electron chi connectivity index (χ1n) is 4.67. The Bertz CT molecular complexity index is 452. The number of hydrogen-bond donors (Lipinski definition) is 0. The van der Waals surface area contributed by atoms with Crippen LogP contribution >= 0.6 is 27.3 Å². The van der Waals surface area contributed by atoms with Crippen LogP contribution in [0.5, 0.6) is 0 Å². The van der Waals surface area contributed by atoms with Gasteiger partial charge in [0.2, 0.25) is 11.8 Å². The number of hydrogen-bond acceptors (Lipinski definition) is 4. The fourth-order valence-corrected chi connectivity index (χ4v) is 2.88. The molecule has 0 N–H and O–H groups in total. The Labute approximate surface area is 104 Å². The molecule has 1 aromatic rings. The number of imide groups is 1. The Kier molecular flexibility index (Phi) is 3.20. The van der Waals surface area contributed by atoms with Gasteiger partial charge < -0.3 is 0 Å². The Balaban J connectivity index is 2.40. The molecule has 0 aromatic carbocycles. The van der Waals surface area contributed by atoms with Gasteiger partial charge in [-0.25, -0.2) is 4.90 Å². The topological polar surface area (TPSA) is 54.5 Å². The molecule has 2 heterocycles. The van der Waals surface area contributed by atoms with Crippen molar-refractivity contribution < 1.29 is 14.4 Å². The second-order valence-corrected chi connectivity index (χ2v) is 4.79. The summed E-state index contributed by atoms with van der Waals surface area (Å²) in [4.78, 5) is 36.2. The molecule has 4 nitrogen and oxygen atoms in total. The predicted octanol–water partition coefficient (Wildman–Crippen LogP) is 1.98. The van der Waals surface area contributed by atoms with Crippen molar-refractivity contribution in [3.05, 3.63) is 16.3 Å². The Morgan fingerprint density at radius 3 is 2.56 bits per heavy atom. The highest BCUT2D eigenvalue weighted by molar-refractivity contribution is 9.09. The minimum Gasteiger partial charge on any atom is -0.292 e. The molecule has 0 spiro atoms. The molecule has 0 radical (unpaired) electrons. The first kappa shape index (κ1) is 11.5. The van der Waals surface area contributed by atoms with Crippen molar-refractivity contribution in [2.75, 3.05) is 10.2 Å². The van der Waals surface area contributed by atoms with Gasteiger partial charge in [0, 0.05) is 12.8 Å². The highest BCUT2D eigenvalue weighted by atomic mass is 79.9. The number of anilines is 1. The van der Waals surface area contributed by atoms with Crippen LogP contribution < -0.4 is 4.90 Å². The summed E-state index contributed by atoms with van der Waals surface area (Å²) < 4.78 is 0. The van der Waals surface area contributed by atoms with Gasteiger partial charge in [-0.2, -0.15) is 0 Å². The molecule has 0 atom stereocenters. The molecule has 1 saturated heterocycles. The van der Waals surface area contributed by atoms with E-state index in [-0.39, 0.29) is 35.8 Å². The van der Waals surface area contributed by atoms with Crippen molar-refractivity contribution in [1.82, 2.24) is 0 Å². The van der Waals surface area contributed by atoms with Crippen molar-refractivity contribution >= 4 is 50.6 Å². The number of Topliss-reactive ketones (excluding diaryl/α,β-unsaturated/α-hetero) is 1. The maximum atomic E-state index is 11.6. The highest BCUT2D eigenvalue weighted by Crippen LogP contribution is 2.31. The van der Waals surface area contributed by atoms with Crippen LogP contribution in [0.4, 0.5) is 5.69 Å². The molecular weight excluding hydrogens is 294 g/mol. The van der Waals surface area contributed by atoms with E-state index in [1.54, 1.807) is 11.4 Å². The number of ketones is 1. The fourth-order valence-electron chi connectivity index (χ4n) is 1.59. The van der Waals surface area contributed by atoms with Crippen molar-refractivity contribution in [3.8, 4) is 0 Å². The summed E-state index contributed by atoms with van der Waals surface area (Å²) >= 11 is 4.33. The number of nitrogens with zero attached hydrogens (tertiary/aromatic N) is 1. The molecule has 0 saturated carbocycles. The maximum absolute atomic E-state index is 11.6. The molecule has 16 heavy (non-hydrogen) atoms. The molecule has 1 aliphatic rings. The lowest BCUT2D eigenvalue weighted by Gasteiger charge is -2.13. The van der Waals surface area contributed by atoms with E-state index >= 15 is 0 Å². The van der Waals surface area contributed by atoms with E-state index in [0.29, 0.717) is 10.6 Å². The molecule has 1 aromatic heterocycles. The zero-order chi connectivity index (χ0) is 11.7. The van der Waals surface area contributed by atoms with E-state index in [0.717, 1.165) is 4.90 Å².